The lowest BCUT2D eigenvalue weighted by Crippen LogP contribution is -2.57. The molecule has 2 atom stereocenters. The maximum Gasteiger partial charge on any atom is 0.244 e. The van der Waals surface area contributed by atoms with E-state index < -0.39 is 45.9 Å². The topological polar surface area (TPSA) is 66.5 Å². The second-order valence-electron chi connectivity index (χ2n) is 8.91. The molecule has 0 aromatic heterocycles. The van der Waals surface area contributed by atoms with Crippen LogP contribution in [0.2, 0.25) is 10.0 Å². The Balaban J connectivity index is 1.41. The molecule has 0 radical (unpaired) electrons. The third kappa shape index (κ3) is 2.93. The Morgan fingerprint density at radius 2 is 1.26 bits per heavy atom. The molecule has 35 heavy (non-hydrogen) atoms. The predicted octanol–water partition coefficient (Wildman–Crippen LogP) is 5.53. The van der Waals surface area contributed by atoms with Crippen molar-refractivity contribution in [2.24, 2.45) is 11.8 Å². The first kappa shape index (κ1) is 22.9. The third-order valence-electron chi connectivity index (χ3n) is 7.18. The number of halogens is 4. The first-order chi connectivity index (χ1) is 16.7. The monoisotopic (exact) mass is 544 g/mol. The molecule has 176 valence electrons. The fourth-order valence-electron chi connectivity index (χ4n) is 5.80. The molecule has 1 heterocycles. The zero-order valence-electron chi connectivity index (χ0n) is 17.9. The van der Waals surface area contributed by atoms with Gasteiger partial charge in [-0.25, -0.2) is 0 Å². The second-order valence-corrected chi connectivity index (χ2v) is 10.9. The van der Waals surface area contributed by atoms with Gasteiger partial charge in [0.05, 0.1) is 22.5 Å². The van der Waals surface area contributed by atoms with E-state index in [-0.39, 0.29) is 5.02 Å². The first-order valence-electron chi connectivity index (χ1n) is 10.9. The van der Waals surface area contributed by atoms with E-state index in [1.165, 1.54) is 6.07 Å². The van der Waals surface area contributed by atoms with E-state index in [1.807, 2.05) is 48.5 Å². The number of imide groups is 1. The lowest BCUT2D eigenvalue weighted by Gasteiger charge is -2.54. The van der Waals surface area contributed by atoms with E-state index in [2.05, 4.69) is 5.32 Å². The van der Waals surface area contributed by atoms with E-state index in [4.69, 9.17) is 46.4 Å². The Morgan fingerprint density at radius 1 is 0.800 bits per heavy atom. The minimum absolute atomic E-state index is 0.238. The van der Waals surface area contributed by atoms with Crippen molar-refractivity contribution in [1.29, 1.82) is 0 Å². The second kappa shape index (κ2) is 7.71. The Kier molecular flexibility index (Phi) is 5.04. The summed E-state index contributed by atoms with van der Waals surface area (Å²) in [5, 5.41) is 3.29. The molecule has 5 nitrogen and oxygen atoms in total. The van der Waals surface area contributed by atoms with Gasteiger partial charge in [0.25, 0.3) is 0 Å². The van der Waals surface area contributed by atoms with Crippen LogP contribution in [0.25, 0.3) is 0 Å². The van der Waals surface area contributed by atoms with Crippen LogP contribution in [-0.4, -0.2) is 29.2 Å². The average Bonchev–Trinajstić information content (AvgIpc) is 3.10. The summed E-state index contributed by atoms with van der Waals surface area (Å²) in [5.74, 6) is -3.54. The number of alkyl halides is 2. The maximum atomic E-state index is 13.7. The summed E-state index contributed by atoms with van der Waals surface area (Å²) in [6, 6.07) is 19.3. The zero-order chi connectivity index (χ0) is 24.7. The highest BCUT2D eigenvalue weighted by atomic mass is 35.5. The summed E-state index contributed by atoms with van der Waals surface area (Å²) < 4.78 is 0. The number of nitrogens with one attached hydrogen (secondary N) is 1. The molecular weight excluding hydrogens is 530 g/mol. The van der Waals surface area contributed by atoms with Gasteiger partial charge in [-0.15, -0.1) is 23.2 Å². The fraction of sp³-hybridized carbons (Fsp3) is 0.192. The summed E-state index contributed by atoms with van der Waals surface area (Å²) in [4.78, 5) is 38.7. The fourth-order valence-corrected chi connectivity index (χ4v) is 7.36. The largest absolute Gasteiger partial charge is 0.323 e. The quantitative estimate of drug-likeness (QED) is 0.348. The van der Waals surface area contributed by atoms with Gasteiger partial charge in [0.2, 0.25) is 17.7 Å². The minimum atomic E-state index is -1.29. The molecule has 3 aromatic rings. The smallest absolute Gasteiger partial charge is 0.244 e. The highest BCUT2D eigenvalue weighted by Gasteiger charge is 2.73. The SMILES string of the molecule is O=C(CN1C(=O)[C@@H]2[C@H](C1=O)C1(Cl)c3ccccc3C2(Cl)c2ccccc21)Nc1ccc(Cl)cc1Cl. The summed E-state index contributed by atoms with van der Waals surface area (Å²) in [5.41, 5.74) is 3.14. The highest BCUT2D eigenvalue weighted by molar-refractivity contribution is 6.37. The van der Waals surface area contributed by atoms with E-state index >= 15 is 0 Å². The molecule has 3 amide bonds. The molecule has 0 spiro atoms. The van der Waals surface area contributed by atoms with Crippen LogP contribution in [0.15, 0.2) is 66.7 Å². The molecule has 1 fully saturated rings. The van der Waals surface area contributed by atoms with Crippen LogP contribution in [0.1, 0.15) is 22.3 Å². The number of rotatable bonds is 3. The molecule has 0 unspecified atom stereocenters. The van der Waals surface area contributed by atoms with Crippen molar-refractivity contribution < 1.29 is 14.4 Å². The van der Waals surface area contributed by atoms with Crippen LogP contribution in [0.5, 0.6) is 0 Å². The summed E-state index contributed by atoms with van der Waals surface area (Å²) in [7, 11) is 0. The minimum Gasteiger partial charge on any atom is -0.323 e. The lowest BCUT2D eigenvalue weighted by molar-refractivity contribution is -0.142. The summed E-state index contributed by atoms with van der Waals surface area (Å²) in [6.45, 7) is -0.490. The number of benzene rings is 3. The van der Waals surface area contributed by atoms with Crippen molar-refractivity contribution in [3.05, 3.63) is 99.0 Å². The first-order valence-corrected chi connectivity index (χ1v) is 12.4. The van der Waals surface area contributed by atoms with Gasteiger partial charge in [-0.1, -0.05) is 71.7 Å². The van der Waals surface area contributed by atoms with E-state index in [1.54, 1.807) is 12.1 Å². The van der Waals surface area contributed by atoms with E-state index in [9.17, 15) is 14.4 Å². The lowest BCUT2D eigenvalue weighted by atomic mass is 9.54. The molecule has 7 rings (SSSR count). The normalized spacial score (nSPS) is 27.9. The van der Waals surface area contributed by atoms with Crippen molar-refractivity contribution in [1.82, 2.24) is 4.90 Å². The Hall–Kier alpha value is -2.57. The van der Waals surface area contributed by atoms with Crippen molar-refractivity contribution in [3.63, 3.8) is 0 Å². The van der Waals surface area contributed by atoms with Gasteiger partial charge >= 0.3 is 0 Å². The molecule has 3 aromatic carbocycles. The maximum absolute atomic E-state index is 13.7. The van der Waals surface area contributed by atoms with Gasteiger partial charge in [-0.05, 0) is 40.5 Å². The molecule has 4 aliphatic rings. The zero-order valence-corrected chi connectivity index (χ0v) is 20.9. The van der Waals surface area contributed by atoms with Crippen LogP contribution in [-0.2, 0) is 24.1 Å². The van der Waals surface area contributed by atoms with Crippen LogP contribution in [0.3, 0.4) is 0 Å². The summed E-state index contributed by atoms with van der Waals surface area (Å²) in [6.07, 6.45) is 0. The van der Waals surface area contributed by atoms with Gasteiger partial charge < -0.3 is 5.32 Å². The number of carbonyl (C=O) groups is 3. The third-order valence-corrected chi connectivity index (χ3v) is 9.02. The number of anilines is 1. The van der Waals surface area contributed by atoms with Crippen molar-refractivity contribution in [2.75, 3.05) is 11.9 Å². The van der Waals surface area contributed by atoms with Crippen molar-refractivity contribution >= 4 is 69.8 Å². The highest BCUT2D eigenvalue weighted by Crippen LogP contribution is 2.69. The van der Waals surface area contributed by atoms with Gasteiger partial charge in [-0.2, -0.15) is 0 Å². The predicted molar refractivity (Wildman–Crippen MR) is 135 cm³/mol. The molecule has 2 bridgehead atoms. The van der Waals surface area contributed by atoms with Gasteiger partial charge in [0.15, 0.2) is 0 Å². The molecule has 3 aliphatic carbocycles. The molecule has 1 N–H and O–H groups in total. The van der Waals surface area contributed by atoms with Gasteiger partial charge in [0, 0.05) is 5.02 Å². The van der Waals surface area contributed by atoms with Crippen LogP contribution in [0.4, 0.5) is 5.69 Å². The van der Waals surface area contributed by atoms with E-state index in [0.29, 0.717) is 33.0 Å². The average molecular weight is 546 g/mol. The van der Waals surface area contributed by atoms with E-state index in [0.717, 1.165) is 4.90 Å². The number of likely N-dealkylation sites (tertiary alicyclic amines) is 1. The number of nitrogens with zero attached hydrogens (tertiary/aromatic N) is 1. The number of hydrogen-bond donors (Lipinski definition) is 1. The standard InChI is InChI=1S/C26H16Cl4N2O3/c27-13-9-10-19(18(28)11-13)31-20(33)12-32-23(34)21-22(24(32)35)26(30)15-6-2-1-5-14(15)25(21,29)16-7-3-4-8-17(16)26/h1-11,21-22H,12H2,(H,31,33)/t21-,22+,25?,26?. The van der Waals surface area contributed by atoms with Crippen molar-refractivity contribution in [3.8, 4) is 0 Å². The molecule has 1 saturated heterocycles. The number of carbonyl (C=O) groups excluding carboxylic acids is 3. The molecule has 1 aliphatic heterocycles. The number of hydrogen-bond acceptors (Lipinski definition) is 3. The van der Waals surface area contributed by atoms with Crippen molar-refractivity contribution in [2.45, 2.75) is 9.75 Å². The molecule has 9 heteroatoms. The van der Waals surface area contributed by atoms with Gasteiger partial charge in [-0.3, -0.25) is 19.3 Å². The van der Waals surface area contributed by atoms with Crippen LogP contribution in [0, 0.1) is 11.8 Å². The molecule has 0 saturated carbocycles. The summed E-state index contributed by atoms with van der Waals surface area (Å²) >= 11 is 26.8. The van der Waals surface area contributed by atoms with Crippen LogP contribution >= 0.6 is 46.4 Å². The Bertz CT molecular complexity index is 1330. The Morgan fingerprint density at radius 3 is 1.69 bits per heavy atom. The van der Waals surface area contributed by atoms with Crippen LogP contribution < -0.4 is 5.32 Å². The molecular formula is C26H16Cl4N2O3. The Labute approximate surface area is 220 Å². The van der Waals surface area contributed by atoms with Gasteiger partial charge in [0.1, 0.15) is 16.3 Å². The number of amides is 3.